The van der Waals surface area contributed by atoms with Gasteiger partial charge in [0.05, 0.1) is 5.41 Å². The Hall–Kier alpha value is -1.35. The SMILES string of the molecule is Cc1cccc(CNCCOC(=O)C(C)(C)C)c1. The molecule has 0 fully saturated rings. The Morgan fingerprint density at radius 3 is 2.67 bits per heavy atom. The Kier molecular flexibility index (Phi) is 5.35. The van der Waals surface area contributed by atoms with Crippen LogP contribution in [0.3, 0.4) is 0 Å². The number of esters is 1. The third-order valence-electron chi connectivity index (χ3n) is 2.54. The van der Waals surface area contributed by atoms with Gasteiger partial charge >= 0.3 is 5.97 Å². The maximum absolute atomic E-state index is 11.5. The molecule has 0 saturated heterocycles. The zero-order valence-electron chi connectivity index (χ0n) is 11.7. The van der Waals surface area contributed by atoms with Crippen LogP contribution in [0.25, 0.3) is 0 Å². The third-order valence-corrected chi connectivity index (χ3v) is 2.54. The van der Waals surface area contributed by atoms with E-state index < -0.39 is 5.41 Å². The summed E-state index contributed by atoms with van der Waals surface area (Å²) in [7, 11) is 0. The van der Waals surface area contributed by atoms with Crippen LogP contribution >= 0.6 is 0 Å². The van der Waals surface area contributed by atoms with Crippen LogP contribution in [0, 0.1) is 12.3 Å². The molecule has 0 aliphatic carbocycles. The first-order valence-corrected chi connectivity index (χ1v) is 6.33. The number of aryl methyl sites for hydroxylation is 1. The second kappa shape index (κ2) is 6.55. The molecule has 3 heteroatoms. The van der Waals surface area contributed by atoms with Crippen LogP contribution < -0.4 is 5.32 Å². The van der Waals surface area contributed by atoms with Crippen LogP contribution in [-0.4, -0.2) is 19.1 Å². The van der Waals surface area contributed by atoms with Gasteiger partial charge in [0.15, 0.2) is 0 Å². The summed E-state index contributed by atoms with van der Waals surface area (Å²) in [4.78, 5) is 11.5. The molecule has 3 nitrogen and oxygen atoms in total. The summed E-state index contributed by atoms with van der Waals surface area (Å²) in [6.45, 7) is 9.54. The molecule has 18 heavy (non-hydrogen) atoms. The van der Waals surface area contributed by atoms with Crippen molar-refractivity contribution in [1.29, 1.82) is 0 Å². The van der Waals surface area contributed by atoms with Crippen LogP contribution in [0.5, 0.6) is 0 Å². The molecule has 0 aliphatic heterocycles. The van der Waals surface area contributed by atoms with Gasteiger partial charge in [-0.25, -0.2) is 0 Å². The minimum absolute atomic E-state index is 0.153. The number of nitrogens with one attached hydrogen (secondary N) is 1. The van der Waals surface area contributed by atoms with Gasteiger partial charge in [-0.3, -0.25) is 4.79 Å². The Labute approximate surface area is 110 Å². The molecule has 0 radical (unpaired) electrons. The zero-order valence-corrected chi connectivity index (χ0v) is 11.7. The van der Waals surface area contributed by atoms with E-state index in [-0.39, 0.29) is 5.97 Å². The van der Waals surface area contributed by atoms with E-state index in [1.165, 1.54) is 11.1 Å². The van der Waals surface area contributed by atoms with Crippen molar-refractivity contribution in [3.05, 3.63) is 35.4 Å². The predicted molar refractivity (Wildman–Crippen MR) is 73.3 cm³/mol. The molecule has 0 spiro atoms. The van der Waals surface area contributed by atoms with Crippen LogP contribution in [0.15, 0.2) is 24.3 Å². The molecule has 100 valence electrons. The van der Waals surface area contributed by atoms with Gasteiger partial charge in [-0.15, -0.1) is 0 Å². The van der Waals surface area contributed by atoms with E-state index >= 15 is 0 Å². The van der Waals surface area contributed by atoms with Crippen molar-refractivity contribution < 1.29 is 9.53 Å². The zero-order chi connectivity index (χ0) is 13.6. The maximum atomic E-state index is 11.5. The molecule has 0 amide bonds. The molecule has 0 saturated carbocycles. The summed E-state index contributed by atoms with van der Waals surface area (Å²) < 4.78 is 5.17. The standard InChI is InChI=1S/C15H23NO2/c1-12-6-5-7-13(10-12)11-16-8-9-18-14(17)15(2,3)4/h5-7,10,16H,8-9,11H2,1-4H3. The highest BCUT2D eigenvalue weighted by Gasteiger charge is 2.22. The summed E-state index contributed by atoms with van der Waals surface area (Å²) >= 11 is 0. The first-order chi connectivity index (χ1) is 8.39. The first kappa shape index (κ1) is 14.7. The van der Waals surface area contributed by atoms with E-state index in [1.807, 2.05) is 26.8 Å². The fourth-order valence-corrected chi connectivity index (χ4v) is 1.49. The fraction of sp³-hybridized carbons (Fsp3) is 0.533. The molecule has 0 bridgehead atoms. The molecular weight excluding hydrogens is 226 g/mol. The monoisotopic (exact) mass is 249 g/mol. The van der Waals surface area contributed by atoms with Gasteiger partial charge in [0, 0.05) is 13.1 Å². The topological polar surface area (TPSA) is 38.3 Å². The molecule has 0 heterocycles. The Bertz CT molecular complexity index is 394. The number of carbonyl (C=O) groups is 1. The van der Waals surface area contributed by atoms with E-state index in [0.717, 1.165) is 6.54 Å². The van der Waals surface area contributed by atoms with Crippen molar-refractivity contribution in [2.45, 2.75) is 34.2 Å². The number of benzene rings is 1. The molecule has 1 N–H and O–H groups in total. The Balaban J connectivity index is 2.18. The molecule has 0 aliphatic rings. The van der Waals surface area contributed by atoms with Gasteiger partial charge < -0.3 is 10.1 Å². The van der Waals surface area contributed by atoms with E-state index in [4.69, 9.17) is 4.74 Å². The number of hydrogen-bond acceptors (Lipinski definition) is 3. The molecule has 0 unspecified atom stereocenters. The van der Waals surface area contributed by atoms with Gasteiger partial charge in [-0.05, 0) is 33.3 Å². The quantitative estimate of drug-likeness (QED) is 0.644. The largest absolute Gasteiger partial charge is 0.464 e. The van der Waals surface area contributed by atoms with Gasteiger partial charge in [0.2, 0.25) is 0 Å². The second-order valence-electron chi connectivity index (χ2n) is 5.55. The van der Waals surface area contributed by atoms with Crippen molar-refractivity contribution >= 4 is 5.97 Å². The fourth-order valence-electron chi connectivity index (χ4n) is 1.49. The summed E-state index contributed by atoms with van der Waals surface area (Å²) in [5, 5.41) is 3.26. The van der Waals surface area contributed by atoms with Gasteiger partial charge in [-0.2, -0.15) is 0 Å². The highest BCUT2D eigenvalue weighted by Crippen LogP contribution is 2.14. The highest BCUT2D eigenvalue weighted by molar-refractivity contribution is 5.75. The number of rotatable bonds is 5. The highest BCUT2D eigenvalue weighted by atomic mass is 16.5. The van der Waals surface area contributed by atoms with Crippen molar-refractivity contribution in [3.8, 4) is 0 Å². The molecule has 1 rings (SSSR count). The normalized spacial score (nSPS) is 11.3. The smallest absolute Gasteiger partial charge is 0.311 e. The Morgan fingerprint density at radius 1 is 1.33 bits per heavy atom. The van der Waals surface area contributed by atoms with E-state index in [2.05, 4.69) is 30.4 Å². The maximum Gasteiger partial charge on any atom is 0.311 e. The third kappa shape index (κ3) is 5.32. The van der Waals surface area contributed by atoms with Crippen LogP contribution in [0.2, 0.25) is 0 Å². The molecule has 0 atom stereocenters. The van der Waals surface area contributed by atoms with Crippen molar-refractivity contribution in [2.75, 3.05) is 13.2 Å². The van der Waals surface area contributed by atoms with Gasteiger partial charge in [-0.1, -0.05) is 29.8 Å². The summed E-state index contributed by atoms with van der Waals surface area (Å²) in [6, 6.07) is 8.36. The molecular formula is C15H23NO2. The van der Waals surface area contributed by atoms with Crippen molar-refractivity contribution in [1.82, 2.24) is 5.32 Å². The number of hydrogen-bond donors (Lipinski definition) is 1. The van der Waals surface area contributed by atoms with Crippen LogP contribution in [0.4, 0.5) is 0 Å². The lowest BCUT2D eigenvalue weighted by Crippen LogP contribution is -2.27. The lowest BCUT2D eigenvalue weighted by Gasteiger charge is -2.16. The number of ether oxygens (including phenoxy) is 1. The van der Waals surface area contributed by atoms with E-state index in [9.17, 15) is 4.79 Å². The van der Waals surface area contributed by atoms with Crippen molar-refractivity contribution in [2.24, 2.45) is 5.41 Å². The van der Waals surface area contributed by atoms with E-state index in [1.54, 1.807) is 0 Å². The molecule has 0 aromatic heterocycles. The summed E-state index contributed by atoms with van der Waals surface area (Å²) in [5.41, 5.74) is 2.09. The summed E-state index contributed by atoms with van der Waals surface area (Å²) in [6.07, 6.45) is 0. The van der Waals surface area contributed by atoms with Gasteiger partial charge in [0.25, 0.3) is 0 Å². The Morgan fingerprint density at radius 2 is 2.06 bits per heavy atom. The summed E-state index contributed by atoms with van der Waals surface area (Å²) in [5.74, 6) is -0.153. The minimum Gasteiger partial charge on any atom is -0.464 e. The second-order valence-corrected chi connectivity index (χ2v) is 5.55. The van der Waals surface area contributed by atoms with Gasteiger partial charge in [0.1, 0.15) is 6.61 Å². The van der Waals surface area contributed by atoms with Crippen LogP contribution in [-0.2, 0) is 16.1 Å². The van der Waals surface area contributed by atoms with Crippen molar-refractivity contribution in [3.63, 3.8) is 0 Å². The van der Waals surface area contributed by atoms with E-state index in [0.29, 0.717) is 13.2 Å². The minimum atomic E-state index is -0.420. The predicted octanol–water partition coefficient (Wildman–Crippen LogP) is 2.67. The lowest BCUT2D eigenvalue weighted by molar-refractivity contribution is -0.152. The van der Waals surface area contributed by atoms with Crippen LogP contribution in [0.1, 0.15) is 31.9 Å². The first-order valence-electron chi connectivity index (χ1n) is 6.33. The molecule has 1 aromatic rings. The lowest BCUT2D eigenvalue weighted by atomic mass is 9.97. The number of carbonyl (C=O) groups excluding carboxylic acids is 1. The molecule has 1 aromatic carbocycles. The average Bonchev–Trinajstić information content (AvgIpc) is 2.27. The average molecular weight is 249 g/mol.